The van der Waals surface area contributed by atoms with Gasteiger partial charge in [-0.3, -0.25) is 0 Å². The molecule has 3 N–H and O–H groups in total. The molecule has 2 rings (SSSR count). The van der Waals surface area contributed by atoms with Gasteiger partial charge in [0.2, 0.25) is 0 Å². The molecule has 1 aliphatic heterocycles. The second kappa shape index (κ2) is 5.50. The smallest absolute Gasteiger partial charge is 0.336 e. The van der Waals surface area contributed by atoms with Crippen LogP contribution in [0.1, 0.15) is 12.8 Å². The number of nitrogens with one attached hydrogen (secondary N) is 2. The highest BCUT2D eigenvalue weighted by atomic mass is 16.4. The van der Waals surface area contributed by atoms with E-state index in [9.17, 15) is 9.59 Å². The Balaban J connectivity index is 2.05. The van der Waals surface area contributed by atoms with E-state index >= 15 is 0 Å². The zero-order chi connectivity index (χ0) is 13.0. The minimum absolute atomic E-state index is 0.451. The molecule has 18 heavy (non-hydrogen) atoms. The number of hydrazine groups is 1. The third-order valence-electron chi connectivity index (χ3n) is 2.78. The second-order valence-electron chi connectivity index (χ2n) is 4.07. The van der Waals surface area contributed by atoms with Crippen molar-refractivity contribution in [3.63, 3.8) is 0 Å². The number of carbonyl (C=O) groups is 2. The van der Waals surface area contributed by atoms with Crippen molar-refractivity contribution in [2.45, 2.75) is 18.9 Å². The van der Waals surface area contributed by atoms with Crippen molar-refractivity contribution in [2.75, 3.05) is 11.9 Å². The Labute approximate surface area is 105 Å². The lowest BCUT2D eigenvalue weighted by Gasteiger charge is -2.33. The van der Waals surface area contributed by atoms with Crippen molar-refractivity contribution in [3.8, 4) is 0 Å². The number of anilines is 1. The average molecular weight is 249 g/mol. The summed E-state index contributed by atoms with van der Waals surface area (Å²) in [7, 11) is 0. The van der Waals surface area contributed by atoms with Crippen LogP contribution in [0.15, 0.2) is 30.3 Å². The number of carboxylic acid groups (broad SMARTS) is 1. The normalized spacial score (nSPS) is 19.3. The number of nitrogens with zero attached hydrogens (tertiary/aromatic N) is 1. The van der Waals surface area contributed by atoms with Crippen molar-refractivity contribution >= 4 is 17.7 Å². The molecule has 1 heterocycles. The lowest BCUT2D eigenvalue weighted by Crippen LogP contribution is -2.57. The minimum Gasteiger partial charge on any atom is -0.480 e. The number of urea groups is 1. The van der Waals surface area contributed by atoms with E-state index in [0.29, 0.717) is 18.7 Å². The molecule has 1 unspecified atom stereocenters. The number of hydrogen-bond acceptors (Lipinski definition) is 3. The summed E-state index contributed by atoms with van der Waals surface area (Å²) in [6, 6.07) is 7.67. The van der Waals surface area contributed by atoms with Gasteiger partial charge in [-0.2, -0.15) is 0 Å². The molecular weight excluding hydrogens is 234 g/mol. The van der Waals surface area contributed by atoms with Crippen LogP contribution in [0.3, 0.4) is 0 Å². The van der Waals surface area contributed by atoms with Crippen molar-refractivity contribution in [3.05, 3.63) is 30.3 Å². The van der Waals surface area contributed by atoms with Crippen LogP contribution < -0.4 is 10.7 Å². The van der Waals surface area contributed by atoms with Crippen LogP contribution >= 0.6 is 0 Å². The van der Waals surface area contributed by atoms with Crippen LogP contribution in [0.25, 0.3) is 0 Å². The Hall–Kier alpha value is -2.08. The highest BCUT2D eigenvalue weighted by Crippen LogP contribution is 2.13. The molecule has 0 aromatic heterocycles. The second-order valence-corrected chi connectivity index (χ2v) is 4.07. The van der Waals surface area contributed by atoms with Crippen molar-refractivity contribution in [2.24, 2.45) is 0 Å². The zero-order valence-electron chi connectivity index (χ0n) is 9.80. The summed E-state index contributed by atoms with van der Waals surface area (Å²) < 4.78 is 0. The first-order chi connectivity index (χ1) is 8.68. The van der Waals surface area contributed by atoms with Crippen LogP contribution in [0.2, 0.25) is 0 Å². The molecule has 1 saturated heterocycles. The summed E-state index contributed by atoms with van der Waals surface area (Å²) in [6.07, 6.45) is 1.20. The van der Waals surface area contributed by atoms with Crippen LogP contribution in [0.4, 0.5) is 10.5 Å². The summed E-state index contributed by atoms with van der Waals surface area (Å²) in [5.74, 6) is -0.995. The van der Waals surface area contributed by atoms with E-state index in [-0.39, 0.29) is 0 Å². The predicted octanol–water partition coefficient (Wildman–Crippen LogP) is 1.27. The Bertz CT molecular complexity index is 435. The zero-order valence-corrected chi connectivity index (χ0v) is 9.80. The fraction of sp³-hybridized carbons (Fsp3) is 0.333. The number of carbonyl (C=O) groups excluding carboxylic acids is 1. The van der Waals surface area contributed by atoms with E-state index in [0.717, 1.165) is 11.4 Å². The predicted molar refractivity (Wildman–Crippen MR) is 66.0 cm³/mol. The number of carboxylic acids is 1. The van der Waals surface area contributed by atoms with Gasteiger partial charge in [0, 0.05) is 12.2 Å². The highest BCUT2D eigenvalue weighted by molar-refractivity contribution is 5.92. The molecule has 1 atom stereocenters. The molecular formula is C12H15N3O3. The van der Waals surface area contributed by atoms with Gasteiger partial charge in [0.1, 0.15) is 6.04 Å². The summed E-state index contributed by atoms with van der Waals surface area (Å²) in [5, 5.41) is 12.9. The quantitative estimate of drug-likeness (QED) is 0.737. The fourth-order valence-electron chi connectivity index (χ4n) is 1.89. The largest absolute Gasteiger partial charge is 0.480 e. The lowest BCUT2D eigenvalue weighted by atomic mass is 10.1. The number of amides is 2. The van der Waals surface area contributed by atoms with Gasteiger partial charge in [-0.1, -0.05) is 18.2 Å². The van der Waals surface area contributed by atoms with E-state index in [2.05, 4.69) is 10.7 Å². The summed E-state index contributed by atoms with van der Waals surface area (Å²) >= 11 is 0. The van der Waals surface area contributed by atoms with Crippen LogP contribution in [0.5, 0.6) is 0 Å². The maximum atomic E-state index is 12.0. The maximum absolute atomic E-state index is 12.0. The third kappa shape index (κ3) is 2.78. The molecule has 1 aliphatic rings. The molecule has 1 fully saturated rings. The van der Waals surface area contributed by atoms with Crippen LogP contribution in [-0.4, -0.2) is 34.7 Å². The number of benzene rings is 1. The van der Waals surface area contributed by atoms with Gasteiger partial charge >= 0.3 is 12.0 Å². The highest BCUT2D eigenvalue weighted by Gasteiger charge is 2.32. The Morgan fingerprint density at radius 1 is 1.33 bits per heavy atom. The first-order valence-corrected chi connectivity index (χ1v) is 5.80. The van der Waals surface area contributed by atoms with Crippen molar-refractivity contribution in [1.82, 2.24) is 10.4 Å². The summed E-state index contributed by atoms with van der Waals surface area (Å²) in [4.78, 5) is 23.0. The van der Waals surface area contributed by atoms with E-state index in [1.165, 1.54) is 0 Å². The monoisotopic (exact) mass is 249 g/mol. The number of rotatable bonds is 2. The molecule has 1 aromatic rings. The van der Waals surface area contributed by atoms with Gasteiger partial charge in [-0.15, -0.1) is 0 Å². The van der Waals surface area contributed by atoms with Gasteiger partial charge in [-0.25, -0.2) is 20.0 Å². The molecule has 2 amide bonds. The van der Waals surface area contributed by atoms with Gasteiger partial charge in [0.05, 0.1) is 0 Å². The molecule has 0 spiro atoms. The lowest BCUT2D eigenvalue weighted by molar-refractivity contribution is -0.144. The van der Waals surface area contributed by atoms with Crippen molar-refractivity contribution < 1.29 is 14.7 Å². The minimum atomic E-state index is -0.995. The first-order valence-electron chi connectivity index (χ1n) is 5.80. The SMILES string of the molecule is O=C(O)C1CCCNN1C(=O)Nc1ccccc1. The molecule has 96 valence electrons. The van der Waals surface area contributed by atoms with Gasteiger partial charge in [0.15, 0.2) is 0 Å². The molecule has 1 aromatic carbocycles. The summed E-state index contributed by atoms with van der Waals surface area (Å²) in [6.45, 7) is 0.603. The van der Waals surface area contributed by atoms with Gasteiger partial charge in [0.25, 0.3) is 0 Å². The Morgan fingerprint density at radius 3 is 2.72 bits per heavy atom. The van der Waals surface area contributed by atoms with E-state index < -0.39 is 18.0 Å². The molecule has 0 radical (unpaired) electrons. The van der Waals surface area contributed by atoms with Gasteiger partial charge in [-0.05, 0) is 25.0 Å². The Kier molecular flexibility index (Phi) is 3.78. The molecule has 6 nitrogen and oxygen atoms in total. The standard InChI is InChI=1S/C12H15N3O3/c16-11(17)10-7-4-8-13-15(10)12(18)14-9-5-2-1-3-6-9/h1-3,5-6,10,13H,4,7-8H2,(H,14,18)(H,16,17). The van der Waals surface area contributed by atoms with Crippen molar-refractivity contribution in [1.29, 1.82) is 0 Å². The number of hydrogen-bond donors (Lipinski definition) is 3. The molecule has 0 aliphatic carbocycles. The van der Waals surface area contributed by atoms with E-state index in [1.54, 1.807) is 24.3 Å². The molecule has 0 bridgehead atoms. The Morgan fingerprint density at radius 2 is 2.06 bits per heavy atom. The van der Waals surface area contributed by atoms with E-state index in [4.69, 9.17) is 5.11 Å². The first kappa shape index (κ1) is 12.4. The maximum Gasteiger partial charge on any atom is 0.336 e. The topological polar surface area (TPSA) is 81.7 Å². The average Bonchev–Trinajstić information content (AvgIpc) is 2.40. The molecule has 6 heteroatoms. The van der Waals surface area contributed by atoms with Crippen LogP contribution in [-0.2, 0) is 4.79 Å². The number of aliphatic carboxylic acids is 1. The fourth-order valence-corrected chi connectivity index (χ4v) is 1.89. The number of para-hydroxylation sites is 1. The summed E-state index contributed by atoms with van der Waals surface area (Å²) in [5.41, 5.74) is 3.45. The third-order valence-corrected chi connectivity index (χ3v) is 2.78. The molecule has 0 saturated carbocycles. The van der Waals surface area contributed by atoms with E-state index in [1.807, 2.05) is 6.07 Å². The van der Waals surface area contributed by atoms with Gasteiger partial charge < -0.3 is 10.4 Å². The van der Waals surface area contributed by atoms with Crippen LogP contribution in [0, 0.1) is 0 Å².